The van der Waals surface area contributed by atoms with E-state index in [-0.39, 0.29) is 10.9 Å². The molecule has 1 aliphatic heterocycles. The fourth-order valence-corrected chi connectivity index (χ4v) is 3.02. The normalized spacial score (nSPS) is 17.2. The van der Waals surface area contributed by atoms with Crippen molar-refractivity contribution in [1.82, 2.24) is 0 Å². The van der Waals surface area contributed by atoms with Gasteiger partial charge in [0.15, 0.2) is 0 Å². The van der Waals surface area contributed by atoms with Crippen LogP contribution in [0, 0.1) is 0 Å². The maximum absolute atomic E-state index is 12.2. The van der Waals surface area contributed by atoms with Gasteiger partial charge in [0.25, 0.3) is 0 Å². The Hall–Kier alpha value is -1.22. The van der Waals surface area contributed by atoms with Gasteiger partial charge in [-0.05, 0) is 11.6 Å². The van der Waals surface area contributed by atoms with Crippen LogP contribution in [-0.2, 0) is 4.79 Å². The Morgan fingerprint density at radius 1 is 1.00 bits per heavy atom. The number of carbonyl (C=O) groups is 1. The van der Waals surface area contributed by atoms with Crippen LogP contribution in [0.3, 0.4) is 0 Å². The minimum Gasteiger partial charge on any atom is -0.325 e. The topological polar surface area (TPSA) is 29.1 Å². The second-order valence-corrected chi connectivity index (χ2v) is 5.44. The second-order valence-electron chi connectivity index (χ2n) is 4.28. The number of carbonyl (C=O) groups excluding carboxylic acids is 1. The average molecular weight is 313 g/mol. The molecule has 2 aromatic rings. The van der Waals surface area contributed by atoms with Gasteiger partial charge in [0.05, 0.1) is 21.0 Å². The molecule has 2 aromatic carbocycles. The van der Waals surface area contributed by atoms with Gasteiger partial charge in [-0.2, -0.15) is 0 Å². The Morgan fingerprint density at radius 3 is 2.37 bits per heavy atom. The summed E-state index contributed by atoms with van der Waals surface area (Å²) in [6, 6.07) is 11.1. The van der Waals surface area contributed by atoms with Crippen LogP contribution in [0.15, 0.2) is 36.4 Å². The van der Waals surface area contributed by atoms with Gasteiger partial charge in [0, 0.05) is 11.3 Å². The predicted molar refractivity (Wildman–Crippen MR) is 78.4 cm³/mol. The summed E-state index contributed by atoms with van der Waals surface area (Å²) in [7, 11) is 0. The standard InChI is InChI=1S/C14H8Cl3NO/c15-8-6-9-11(13(17)12(8)16)10(14(19)18-9)7-4-2-1-3-5-7/h1-6,10H,(H,18,19)/t10-/m1/s1. The molecule has 0 fully saturated rings. The number of anilines is 1. The van der Waals surface area contributed by atoms with Crippen molar-refractivity contribution in [2.45, 2.75) is 5.92 Å². The summed E-state index contributed by atoms with van der Waals surface area (Å²) >= 11 is 18.3. The van der Waals surface area contributed by atoms with Gasteiger partial charge in [0.1, 0.15) is 0 Å². The number of hydrogen-bond donors (Lipinski definition) is 1. The zero-order valence-electron chi connectivity index (χ0n) is 9.58. The van der Waals surface area contributed by atoms with Gasteiger partial charge < -0.3 is 5.32 Å². The van der Waals surface area contributed by atoms with Crippen molar-refractivity contribution in [1.29, 1.82) is 0 Å². The van der Waals surface area contributed by atoms with E-state index in [1.165, 1.54) is 0 Å². The first-order valence-electron chi connectivity index (χ1n) is 5.63. The highest BCUT2D eigenvalue weighted by Crippen LogP contribution is 2.46. The molecule has 0 spiro atoms. The van der Waals surface area contributed by atoms with Gasteiger partial charge in [0.2, 0.25) is 5.91 Å². The lowest BCUT2D eigenvalue weighted by Crippen LogP contribution is -2.13. The zero-order valence-corrected chi connectivity index (χ0v) is 11.9. The van der Waals surface area contributed by atoms with Crippen LogP contribution in [0.4, 0.5) is 5.69 Å². The summed E-state index contributed by atoms with van der Waals surface area (Å²) in [6.07, 6.45) is 0. The summed E-state index contributed by atoms with van der Waals surface area (Å²) in [5.41, 5.74) is 2.18. The highest BCUT2D eigenvalue weighted by Gasteiger charge is 2.35. The van der Waals surface area contributed by atoms with E-state index in [0.29, 0.717) is 21.3 Å². The van der Waals surface area contributed by atoms with Gasteiger partial charge in [-0.3, -0.25) is 4.79 Å². The summed E-state index contributed by atoms with van der Waals surface area (Å²) in [4.78, 5) is 12.2. The Kier molecular flexibility index (Phi) is 3.17. The fourth-order valence-electron chi connectivity index (χ4n) is 2.29. The first kappa shape index (κ1) is 12.8. The van der Waals surface area contributed by atoms with Gasteiger partial charge >= 0.3 is 0 Å². The summed E-state index contributed by atoms with van der Waals surface area (Å²) in [5, 5.41) is 3.73. The number of benzene rings is 2. The van der Waals surface area contributed by atoms with Crippen molar-refractivity contribution in [3.05, 3.63) is 62.6 Å². The van der Waals surface area contributed by atoms with Crippen LogP contribution in [0.2, 0.25) is 15.1 Å². The largest absolute Gasteiger partial charge is 0.325 e. The van der Waals surface area contributed by atoms with Crippen molar-refractivity contribution < 1.29 is 4.79 Å². The second kappa shape index (κ2) is 4.71. The van der Waals surface area contributed by atoms with Crippen molar-refractivity contribution in [2.24, 2.45) is 0 Å². The van der Waals surface area contributed by atoms with Crippen LogP contribution in [0.5, 0.6) is 0 Å². The Labute approximate surface area is 125 Å². The molecule has 96 valence electrons. The molecule has 2 nitrogen and oxygen atoms in total. The molecule has 1 amide bonds. The van der Waals surface area contributed by atoms with E-state index < -0.39 is 5.92 Å². The van der Waals surface area contributed by atoms with E-state index in [4.69, 9.17) is 34.8 Å². The number of amides is 1. The Bertz CT molecular complexity index is 670. The van der Waals surface area contributed by atoms with E-state index >= 15 is 0 Å². The van der Waals surface area contributed by atoms with Crippen molar-refractivity contribution in [3.8, 4) is 0 Å². The predicted octanol–water partition coefficient (Wildman–Crippen LogP) is 4.73. The minimum atomic E-state index is -0.446. The molecule has 5 heteroatoms. The third-order valence-electron chi connectivity index (χ3n) is 3.14. The first-order chi connectivity index (χ1) is 9.09. The van der Waals surface area contributed by atoms with Crippen LogP contribution < -0.4 is 5.32 Å². The Morgan fingerprint density at radius 2 is 1.68 bits per heavy atom. The summed E-state index contributed by atoms with van der Waals surface area (Å²) in [6.45, 7) is 0. The van der Waals surface area contributed by atoms with Crippen LogP contribution >= 0.6 is 34.8 Å². The van der Waals surface area contributed by atoms with E-state index in [1.807, 2.05) is 30.3 Å². The van der Waals surface area contributed by atoms with E-state index in [9.17, 15) is 4.79 Å². The monoisotopic (exact) mass is 311 g/mol. The average Bonchev–Trinajstić information content (AvgIpc) is 2.73. The maximum Gasteiger partial charge on any atom is 0.236 e. The van der Waals surface area contributed by atoms with Gasteiger partial charge in [-0.1, -0.05) is 65.1 Å². The lowest BCUT2D eigenvalue weighted by molar-refractivity contribution is -0.116. The van der Waals surface area contributed by atoms with E-state index in [1.54, 1.807) is 6.07 Å². The lowest BCUT2D eigenvalue weighted by Gasteiger charge is -2.12. The maximum atomic E-state index is 12.2. The van der Waals surface area contributed by atoms with Gasteiger partial charge in [-0.15, -0.1) is 0 Å². The smallest absolute Gasteiger partial charge is 0.236 e. The molecule has 0 saturated carbocycles. The number of rotatable bonds is 1. The SMILES string of the molecule is O=C1Nc2cc(Cl)c(Cl)c(Cl)c2[C@H]1c1ccccc1. The molecule has 0 unspecified atom stereocenters. The molecular weight excluding hydrogens is 305 g/mol. The molecule has 1 N–H and O–H groups in total. The van der Waals surface area contributed by atoms with Crippen molar-refractivity contribution >= 4 is 46.4 Å². The number of fused-ring (bicyclic) bond motifs is 1. The number of halogens is 3. The quantitative estimate of drug-likeness (QED) is 0.758. The molecular formula is C14H8Cl3NO. The highest BCUT2D eigenvalue weighted by atomic mass is 35.5. The first-order valence-corrected chi connectivity index (χ1v) is 6.76. The number of hydrogen-bond acceptors (Lipinski definition) is 1. The molecule has 0 bridgehead atoms. The van der Waals surface area contributed by atoms with Crippen LogP contribution in [0.25, 0.3) is 0 Å². The highest BCUT2D eigenvalue weighted by molar-refractivity contribution is 6.49. The van der Waals surface area contributed by atoms with Gasteiger partial charge in [-0.25, -0.2) is 0 Å². The summed E-state index contributed by atoms with van der Waals surface area (Å²) in [5.74, 6) is -0.570. The molecule has 1 heterocycles. The molecule has 19 heavy (non-hydrogen) atoms. The molecule has 0 saturated heterocycles. The van der Waals surface area contributed by atoms with E-state index in [2.05, 4.69) is 5.32 Å². The third kappa shape index (κ3) is 2.00. The van der Waals surface area contributed by atoms with Crippen molar-refractivity contribution in [3.63, 3.8) is 0 Å². The Balaban J connectivity index is 2.22. The number of nitrogens with one attached hydrogen (secondary N) is 1. The minimum absolute atomic E-state index is 0.124. The molecule has 0 radical (unpaired) electrons. The zero-order chi connectivity index (χ0) is 13.6. The van der Waals surface area contributed by atoms with Crippen LogP contribution in [-0.4, -0.2) is 5.91 Å². The summed E-state index contributed by atoms with van der Waals surface area (Å²) < 4.78 is 0. The molecule has 1 atom stereocenters. The molecule has 3 rings (SSSR count). The molecule has 0 aliphatic carbocycles. The lowest BCUT2D eigenvalue weighted by atomic mass is 9.92. The molecule has 1 aliphatic rings. The molecule has 0 aromatic heterocycles. The van der Waals surface area contributed by atoms with Crippen molar-refractivity contribution in [2.75, 3.05) is 5.32 Å². The third-order valence-corrected chi connectivity index (χ3v) is 4.42. The fraction of sp³-hybridized carbons (Fsp3) is 0.0714. The van der Waals surface area contributed by atoms with E-state index in [0.717, 1.165) is 5.56 Å². The van der Waals surface area contributed by atoms with Crippen LogP contribution in [0.1, 0.15) is 17.0 Å².